The van der Waals surface area contributed by atoms with E-state index < -0.39 is 0 Å². The summed E-state index contributed by atoms with van der Waals surface area (Å²) >= 11 is 1.00. The molecule has 0 saturated carbocycles. The summed E-state index contributed by atoms with van der Waals surface area (Å²) in [6.07, 6.45) is 0. The van der Waals surface area contributed by atoms with E-state index in [1.54, 1.807) is 31.4 Å². The number of carbonyl (C=O) groups excluding carboxylic acids is 3. The molecule has 1 aromatic carbocycles. The maximum Gasteiger partial charge on any atom is 0.289 e. The number of thioether (sulfide) groups is 1. The van der Waals surface area contributed by atoms with Crippen LogP contribution < -0.4 is 5.32 Å². The second-order valence-electron chi connectivity index (χ2n) is 4.48. The van der Waals surface area contributed by atoms with Crippen LogP contribution >= 0.6 is 11.8 Å². The van der Waals surface area contributed by atoms with Crippen molar-refractivity contribution in [2.45, 2.75) is 6.54 Å². The first-order chi connectivity index (χ1) is 10.1. The molecule has 1 saturated heterocycles. The Kier molecular flexibility index (Phi) is 5.35. The quantitative estimate of drug-likeness (QED) is 0.801. The van der Waals surface area contributed by atoms with Gasteiger partial charge < -0.3 is 10.1 Å². The number of ether oxygens (including phenoxy) is 1. The summed E-state index contributed by atoms with van der Waals surface area (Å²) in [5.74, 6) is -0.210. The Balaban J connectivity index is 2.02. The van der Waals surface area contributed by atoms with Crippen LogP contribution in [0, 0.1) is 0 Å². The van der Waals surface area contributed by atoms with Crippen LogP contribution in [0.4, 0.5) is 4.79 Å². The Hall–Kier alpha value is -1.86. The highest BCUT2D eigenvalue weighted by Crippen LogP contribution is 2.21. The van der Waals surface area contributed by atoms with Crippen LogP contribution in [0.5, 0.6) is 0 Å². The van der Waals surface area contributed by atoms with Gasteiger partial charge in [0.2, 0.25) is 5.91 Å². The first-order valence-corrected chi connectivity index (χ1v) is 7.43. The van der Waals surface area contributed by atoms with Gasteiger partial charge in [-0.3, -0.25) is 19.3 Å². The van der Waals surface area contributed by atoms with Crippen LogP contribution in [0.15, 0.2) is 24.3 Å². The maximum absolute atomic E-state index is 11.9. The van der Waals surface area contributed by atoms with E-state index in [1.807, 2.05) is 0 Å². The second-order valence-corrected chi connectivity index (χ2v) is 5.41. The number of nitrogens with zero attached hydrogens (tertiary/aromatic N) is 1. The Labute approximate surface area is 126 Å². The number of rotatable bonds is 6. The largest absolute Gasteiger partial charge is 0.383 e. The number of hydrogen-bond donors (Lipinski definition) is 1. The first kappa shape index (κ1) is 15.5. The lowest BCUT2D eigenvalue weighted by Gasteiger charge is -2.13. The third kappa shape index (κ3) is 4.05. The topological polar surface area (TPSA) is 75.7 Å². The molecular formula is C14H16N2O4S. The smallest absolute Gasteiger partial charge is 0.289 e. The number of amides is 3. The van der Waals surface area contributed by atoms with Gasteiger partial charge in [-0.1, -0.05) is 23.9 Å². The van der Waals surface area contributed by atoms with Gasteiger partial charge >= 0.3 is 0 Å². The molecule has 0 atom stereocenters. The summed E-state index contributed by atoms with van der Waals surface area (Å²) in [4.78, 5) is 36.3. The van der Waals surface area contributed by atoms with Gasteiger partial charge in [0.05, 0.1) is 18.9 Å². The molecule has 1 aliphatic heterocycles. The monoisotopic (exact) mass is 308 g/mol. The van der Waals surface area contributed by atoms with Crippen LogP contribution in [0.25, 0.3) is 0 Å². The molecule has 0 aromatic heterocycles. The predicted molar refractivity (Wildman–Crippen MR) is 79.1 cm³/mol. The summed E-state index contributed by atoms with van der Waals surface area (Å²) in [6.45, 7) is 1.07. The summed E-state index contributed by atoms with van der Waals surface area (Å²) in [5.41, 5.74) is 1.24. The molecule has 1 fully saturated rings. The van der Waals surface area contributed by atoms with E-state index in [1.165, 1.54) is 4.90 Å². The van der Waals surface area contributed by atoms with E-state index in [0.29, 0.717) is 18.7 Å². The molecular weight excluding hydrogens is 292 g/mol. The Bertz CT molecular complexity index is 546. The van der Waals surface area contributed by atoms with E-state index >= 15 is 0 Å². The molecule has 1 aliphatic rings. The van der Waals surface area contributed by atoms with Gasteiger partial charge in [0.15, 0.2) is 0 Å². The van der Waals surface area contributed by atoms with Gasteiger partial charge in [0.25, 0.3) is 11.1 Å². The van der Waals surface area contributed by atoms with Crippen LogP contribution in [0.2, 0.25) is 0 Å². The number of methoxy groups -OCH3 is 1. The van der Waals surface area contributed by atoms with Crippen molar-refractivity contribution in [1.82, 2.24) is 10.2 Å². The fourth-order valence-electron chi connectivity index (χ4n) is 1.90. The molecule has 1 N–H and O–H groups in total. The minimum atomic E-state index is -0.241. The van der Waals surface area contributed by atoms with Crippen molar-refractivity contribution in [2.24, 2.45) is 0 Å². The Morgan fingerprint density at radius 1 is 1.43 bits per heavy atom. The van der Waals surface area contributed by atoms with Crippen LogP contribution in [0.3, 0.4) is 0 Å². The van der Waals surface area contributed by atoms with Crippen LogP contribution in [0.1, 0.15) is 15.9 Å². The van der Waals surface area contributed by atoms with Gasteiger partial charge in [-0.25, -0.2) is 0 Å². The minimum Gasteiger partial charge on any atom is -0.383 e. The highest BCUT2D eigenvalue weighted by molar-refractivity contribution is 8.14. The number of hydrogen-bond acceptors (Lipinski definition) is 5. The van der Waals surface area contributed by atoms with Crippen molar-refractivity contribution in [3.8, 4) is 0 Å². The molecule has 112 valence electrons. The third-order valence-electron chi connectivity index (χ3n) is 2.96. The molecule has 0 radical (unpaired) electrons. The highest BCUT2D eigenvalue weighted by Gasteiger charge is 2.29. The van der Waals surface area contributed by atoms with E-state index in [2.05, 4.69) is 5.32 Å². The average Bonchev–Trinajstić information content (AvgIpc) is 2.80. The lowest BCUT2D eigenvalue weighted by Crippen LogP contribution is -2.29. The number of carbonyl (C=O) groups is 3. The molecule has 1 heterocycles. The third-order valence-corrected chi connectivity index (χ3v) is 3.82. The predicted octanol–water partition coefficient (Wildman–Crippen LogP) is 1.26. The summed E-state index contributed by atoms with van der Waals surface area (Å²) in [7, 11) is 1.56. The van der Waals surface area contributed by atoms with E-state index in [9.17, 15) is 14.4 Å². The molecule has 1 aromatic rings. The highest BCUT2D eigenvalue weighted by atomic mass is 32.2. The van der Waals surface area contributed by atoms with Gasteiger partial charge in [-0.15, -0.1) is 0 Å². The van der Waals surface area contributed by atoms with Crippen molar-refractivity contribution in [1.29, 1.82) is 0 Å². The SMILES string of the molecule is COCCNC(=O)c1cccc(CN2C(=O)CSC2=O)c1. The molecule has 7 heteroatoms. The Morgan fingerprint density at radius 3 is 2.90 bits per heavy atom. The molecule has 0 bridgehead atoms. The van der Waals surface area contributed by atoms with Gasteiger partial charge in [0.1, 0.15) is 0 Å². The maximum atomic E-state index is 11.9. The van der Waals surface area contributed by atoms with Gasteiger partial charge in [0, 0.05) is 19.2 Å². The standard InChI is InChI=1S/C14H16N2O4S/c1-20-6-5-15-13(18)11-4-2-3-10(7-11)8-16-12(17)9-21-14(16)19/h2-4,7H,5-6,8-9H2,1H3,(H,15,18). The zero-order valence-electron chi connectivity index (χ0n) is 11.6. The molecule has 0 aliphatic carbocycles. The van der Waals surface area contributed by atoms with Crippen LogP contribution in [-0.4, -0.2) is 48.0 Å². The molecule has 0 spiro atoms. The van der Waals surface area contributed by atoms with Gasteiger partial charge in [-0.2, -0.15) is 0 Å². The lowest BCUT2D eigenvalue weighted by atomic mass is 10.1. The van der Waals surface area contributed by atoms with E-state index in [-0.39, 0.29) is 29.4 Å². The van der Waals surface area contributed by atoms with Crippen LogP contribution in [-0.2, 0) is 16.1 Å². The Morgan fingerprint density at radius 2 is 2.24 bits per heavy atom. The fraction of sp³-hybridized carbons (Fsp3) is 0.357. The molecule has 21 heavy (non-hydrogen) atoms. The van der Waals surface area contributed by atoms with E-state index in [4.69, 9.17) is 4.74 Å². The number of nitrogens with one attached hydrogen (secondary N) is 1. The summed E-state index contributed by atoms with van der Waals surface area (Å²) in [6, 6.07) is 6.90. The average molecular weight is 308 g/mol. The van der Waals surface area contributed by atoms with Crippen molar-refractivity contribution in [2.75, 3.05) is 26.0 Å². The fourth-order valence-corrected chi connectivity index (χ4v) is 2.62. The number of imide groups is 1. The second kappa shape index (κ2) is 7.24. The zero-order chi connectivity index (χ0) is 15.2. The lowest BCUT2D eigenvalue weighted by molar-refractivity contribution is -0.125. The molecule has 3 amide bonds. The van der Waals surface area contributed by atoms with Gasteiger partial charge in [-0.05, 0) is 17.7 Å². The molecule has 2 rings (SSSR count). The van der Waals surface area contributed by atoms with Crippen molar-refractivity contribution < 1.29 is 19.1 Å². The first-order valence-electron chi connectivity index (χ1n) is 6.45. The number of benzene rings is 1. The van der Waals surface area contributed by atoms with Crippen molar-refractivity contribution in [3.05, 3.63) is 35.4 Å². The van der Waals surface area contributed by atoms with E-state index in [0.717, 1.165) is 17.3 Å². The minimum absolute atomic E-state index is 0.191. The van der Waals surface area contributed by atoms with Crippen molar-refractivity contribution in [3.63, 3.8) is 0 Å². The summed E-state index contributed by atoms with van der Waals surface area (Å²) < 4.78 is 4.87. The van der Waals surface area contributed by atoms with Crippen molar-refractivity contribution >= 4 is 28.8 Å². The summed E-state index contributed by atoms with van der Waals surface area (Å²) in [5, 5.41) is 2.48. The molecule has 0 unspecified atom stereocenters. The normalized spacial score (nSPS) is 14.6. The molecule has 6 nitrogen and oxygen atoms in total. The zero-order valence-corrected chi connectivity index (χ0v) is 12.4.